The summed E-state index contributed by atoms with van der Waals surface area (Å²) in [5.74, 6) is -0.565. The normalized spacial score (nSPS) is 13.1. The molecule has 0 radical (unpaired) electrons. The quantitative estimate of drug-likeness (QED) is 0.153. The Bertz CT molecular complexity index is 1160. The van der Waals surface area contributed by atoms with E-state index in [1.807, 2.05) is 30.3 Å². The van der Waals surface area contributed by atoms with Gasteiger partial charge in [0.1, 0.15) is 17.1 Å². The molecule has 0 fully saturated rings. The molecule has 0 spiro atoms. The molecule has 0 heterocycles. The lowest BCUT2D eigenvalue weighted by molar-refractivity contribution is -0.385. The largest absolute Gasteiger partial charge is 0.444 e. The molecule has 1 amide bonds. The molecule has 10 heteroatoms. The highest BCUT2D eigenvalue weighted by Crippen LogP contribution is 2.45. The Morgan fingerprint density at radius 1 is 1.07 bits per heavy atom. The van der Waals surface area contributed by atoms with Gasteiger partial charge in [0.2, 0.25) is 0 Å². The summed E-state index contributed by atoms with van der Waals surface area (Å²) < 4.78 is 27.3. The summed E-state index contributed by atoms with van der Waals surface area (Å²) in [7, 11) is 0.946. The van der Waals surface area contributed by atoms with E-state index in [2.05, 4.69) is 33.9 Å². The van der Waals surface area contributed by atoms with E-state index in [0.717, 1.165) is 5.56 Å². The van der Waals surface area contributed by atoms with Crippen molar-refractivity contribution >= 4 is 25.8 Å². The highest BCUT2D eigenvalue weighted by Gasteiger charge is 2.41. The van der Waals surface area contributed by atoms with Crippen LogP contribution in [0.5, 0.6) is 0 Å². The minimum Gasteiger partial charge on any atom is -0.444 e. The van der Waals surface area contributed by atoms with E-state index in [1.54, 1.807) is 39.8 Å². The van der Waals surface area contributed by atoms with Gasteiger partial charge in [-0.25, -0.2) is 9.18 Å². The molecule has 0 aliphatic rings. The Morgan fingerprint density at radius 2 is 1.68 bits per heavy atom. The van der Waals surface area contributed by atoms with Crippen LogP contribution in [0.3, 0.4) is 0 Å². The van der Waals surface area contributed by atoms with Crippen LogP contribution >= 0.6 is 0 Å². The van der Waals surface area contributed by atoms with Gasteiger partial charge in [-0.1, -0.05) is 51.1 Å². The smallest absolute Gasteiger partial charge is 0.410 e. The van der Waals surface area contributed by atoms with Crippen LogP contribution in [-0.4, -0.2) is 50.5 Å². The van der Waals surface area contributed by atoms with E-state index in [1.165, 1.54) is 17.0 Å². The standard InChI is InChI=1S/C30H46FN3O5Si/c1-29(2,3)38-28(35)32(7)18-14-17-26(39-40(9,10)30(4,5)6)24-19-23(31)20-25(27(24)34(36)37)33(8)21-22-15-12-11-13-16-22/h11-13,15-16,19-20,26H,14,17-18,21H2,1-10H3. The second-order valence-electron chi connectivity index (χ2n) is 12.9. The number of carbonyl (C=O) groups is 1. The van der Waals surface area contributed by atoms with E-state index in [4.69, 9.17) is 9.16 Å². The number of carbonyl (C=O) groups excluding carboxylic acids is 1. The third kappa shape index (κ3) is 9.30. The van der Waals surface area contributed by atoms with Crippen LogP contribution in [0.1, 0.15) is 71.6 Å². The van der Waals surface area contributed by atoms with Crippen molar-refractivity contribution in [1.82, 2.24) is 4.90 Å². The molecule has 2 rings (SSSR count). The van der Waals surface area contributed by atoms with Gasteiger partial charge in [-0.15, -0.1) is 0 Å². The van der Waals surface area contributed by atoms with Crippen LogP contribution in [0.2, 0.25) is 18.1 Å². The summed E-state index contributed by atoms with van der Waals surface area (Å²) in [6.45, 7) is 16.5. The van der Waals surface area contributed by atoms with Gasteiger partial charge in [-0.2, -0.15) is 0 Å². The molecule has 1 atom stereocenters. The lowest BCUT2D eigenvalue weighted by atomic mass is 10.0. The third-order valence-corrected chi connectivity index (χ3v) is 11.7. The molecule has 222 valence electrons. The number of nitro groups is 1. The first kappa shape index (κ1) is 33.2. The first-order valence-electron chi connectivity index (χ1n) is 13.7. The molecule has 0 aliphatic heterocycles. The molecular formula is C30H46FN3O5Si. The fourth-order valence-corrected chi connectivity index (χ4v) is 5.35. The summed E-state index contributed by atoms with van der Waals surface area (Å²) in [6.07, 6.45) is -0.326. The van der Waals surface area contributed by atoms with E-state index < -0.39 is 36.9 Å². The van der Waals surface area contributed by atoms with Gasteiger partial charge in [0.05, 0.1) is 16.6 Å². The van der Waals surface area contributed by atoms with Crippen molar-refractivity contribution in [3.63, 3.8) is 0 Å². The average Bonchev–Trinajstić information content (AvgIpc) is 2.81. The molecule has 0 saturated heterocycles. The number of amides is 1. The maximum absolute atomic E-state index is 15.1. The molecule has 0 aliphatic carbocycles. The Morgan fingerprint density at radius 3 is 2.20 bits per heavy atom. The summed E-state index contributed by atoms with van der Waals surface area (Å²) in [5, 5.41) is 12.4. The minimum absolute atomic E-state index is 0.163. The maximum atomic E-state index is 15.1. The number of anilines is 1. The number of rotatable bonds is 11. The molecule has 2 aromatic carbocycles. The zero-order valence-corrected chi connectivity index (χ0v) is 26.7. The fraction of sp³-hybridized carbons (Fsp3) is 0.567. The molecule has 40 heavy (non-hydrogen) atoms. The Labute approximate surface area is 239 Å². The molecule has 0 saturated carbocycles. The predicted octanol–water partition coefficient (Wildman–Crippen LogP) is 8.08. The highest BCUT2D eigenvalue weighted by atomic mass is 28.4. The molecule has 0 N–H and O–H groups in total. The van der Waals surface area contributed by atoms with Crippen molar-refractivity contribution in [2.24, 2.45) is 0 Å². The number of nitro benzene ring substituents is 1. The van der Waals surface area contributed by atoms with Crippen molar-refractivity contribution in [1.29, 1.82) is 0 Å². The fourth-order valence-electron chi connectivity index (χ4n) is 4.04. The van der Waals surface area contributed by atoms with E-state index in [-0.39, 0.29) is 22.0 Å². The zero-order valence-electron chi connectivity index (χ0n) is 25.7. The number of halogens is 1. The van der Waals surface area contributed by atoms with Gasteiger partial charge in [0.15, 0.2) is 8.32 Å². The highest BCUT2D eigenvalue weighted by molar-refractivity contribution is 6.74. The van der Waals surface area contributed by atoms with Crippen molar-refractivity contribution in [2.75, 3.05) is 25.5 Å². The molecular weight excluding hydrogens is 529 g/mol. The van der Waals surface area contributed by atoms with Crippen LogP contribution in [0.15, 0.2) is 42.5 Å². The Balaban J connectivity index is 2.48. The molecule has 2 aromatic rings. The van der Waals surface area contributed by atoms with Gasteiger partial charge in [0, 0.05) is 33.3 Å². The molecule has 1 unspecified atom stereocenters. The Kier molecular flexibility index (Phi) is 10.9. The van der Waals surface area contributed by atoms with Gasteiger partial charge in [-0.3, -0.25) is 10.1 Å². The first-order chi connectivity index (χ1) is 18.3. The molecule has 0 bridgehead atoms. The van der Waals surface area contributed by atoms with Crippen LogP contribution < -0.4 is 4.90 Å². The summed E-state index contributed by atoms with van der Waals surface area (Å²) >= 11 is 0. The second-order valence-corrected chi connectivity index (χ2v) is 17.6. The monoisotopic (exact) mass is 575 g/mol. The first-order valence-corrected chi connectivity index (χ1v) is 16.6. The van der Waals surface area contributed by atoms with E-state index in [9.17, 15) is 14.9 Å². The topological polar surface area (TPSA) is 85.1 Å². The number of benzene rings is 2. The van der Waals surface area contributed by atoms with Crippen LogP contribution in [0, 0.1) is 15.9 Å². The van der Waals surface area contributed by atoms with Gasteiger partial charge in [-0.05, 0) is 63.4 Å². The minimum atomic E-state index is -2.43. The van der Waals surface area contributed by atoms with Crippen molar-refractivity contribution in [2.45, 2.75) is 90.8 Å². The van der Waals surface area contributed by atoms with Gasteiger partial charge >= 0.3 is 6.09 Å². The van der Waals surface area contributed by atoms with Gasteiger partial charge < -0.3 is 19.0 Å². The summed E-state index contributed by atoms with van der Waals surface area (Å²) in [5.41, 5.74) is 0.570. The average molecular weight is 576 g/mol. The number of hydrogen-bond acceptors (Lipinski definition) is 6. The van der Waals surface area contributed by atoms with Crippen molar-refractivity contribution in [3.8, 4) is 0 Å². The summed E-state index contributed by atoms with van der Waals surface area (Å²) in [6, 6.07) is 12.0. The van der Waals surface area contributed by atoms with Crippen LogP contribution in [-0.2, 0) is 15.7 Å². The van der Waals surface area contributed by atoms with Crippen molar-refractivity contribution < 1.29 is 23.3 Å². The SMILES string of the molecule is CN(CCCC(O[Si](C)(C)C(C)(C)C)c1cc(F)cc(N(C)Cc2ccccc2)c1[N+](=O)[O-])C(=O)OC(C)(C)C. The third-order valence-electron chi connectivity index (χ3n) is 7.20. The zero-order chi connectivity index (χ0) is 30.5. The number of ether oxygens (including phenoxy) is 1. The van der Waals surface area contributed by atoms with E-state index in [0.29, 0.717) is 25.9 Å². The lowest BCUT2D eigenvalue weighted by Crippen LogP contribution is -2.42. The molecule has 8 nitrogen and oxygen atoms in total. The van der Waals surface area contributed by atoms with Crippen LogP contribution in [0.25, 0.3) is 0 Å². The van der Waals surface area contributed by atoms with Gasteiger partial charge in [0.25, 0.3) is 5.69 Å². The molecule has 0 aromatic heterocycles. The Hall–Kier alpha value is -2.98. The predicted molar refractivity (Wildman–Crippen MR) is 161 cm³/mol. The maximum Gasteiger partial charge on any atom is 0.410 e. The van der Waals surface area contributed by atoms with Crippen LogP contribution in [0.4, 0.5) is 20.6 Å². The van der Waals surface area contributed by atoms with Crippen molar-refractivity contribution in [3.05, 3.63) is 69.5 Å². The lowest BCUT2D eigenvalue weighted by Gasteiger charge is -2.39. The number of nitrogens with zero attached hydrogens (tertiary/aromatic N) is 3. The number of hydrogen-bond donors (Lipinski definition) is 0. The second kappa shape index (κ2) is 13.1. The van der Waals surface area contributed by atoms with E-state index >= 15 is 4.39 Å². The summed E-state index contributed by atoms with van der Waals surface area (Å²) in [4.78, 5) is 27.7.